The molecule has 2 saturated heterocycles. The second kappa shape index (κ2) is 10.7. The average Bonchev–Trinajstić information content (AvgIpc) is 3.66. The Labute approximate surface area is 229 Å². The summed E-state index contributed by atoms with van der Waals surface area (Å²) in [6.45, 7) is 2.83. The predicted octanol–water partition coefficient (Wildman–Crippen LogP) is 0.331. The zero-order valence-electron chi connectivity index (χ0n) is 21.5. The van der Waals surface area contributed by atoms with E-state index in [1.807, 2.05) is 11.1 Å². The SMILES string of the molecule is Cl.Cn1c(=O)n(CC(=O)c2ccccc2)c(=O)c2c1nc(N1CCC3CNC=C31)n2CC(=O)N1CCOCC1. The summed E-state index contributed by atoms with van der Waals surface area (Å²) in [6.07, 6.45) is 2.86. The van der Waals surface area contributed by atoms with Crippen LogP contribution in [0, 0.1) is 5.92 Å². The number of Topliss-reactive ketones (excluding diaryl/α,β-unsaturated/α-hetero) is 1. The Hall–Kier alpha value is -3.90. The number of hydrogen-bond acceptors (Lipinski definition) is 8. The molecule has 206 valence electrons. The maximum atomic E-state index is 13.8. The quantitative estimate of drug-likeness (QED) is 0.432. The van der Waals surface area contributed by atoms with Crippen molar-refractivity contribution in [3.05, 3.63) is 68.6 Å². The summed E-state index contributed by atoms with van der Waals surface area (Å²) in [4.78, 5) is 61.9. The highest BCUT2D eigenvalue weighted by molar-refractivity contribution is 5.96. The van der Waals surface area contributed by atoms with E-state index in [1.165, 1.54) is 11.6 Å². The van der Waals surface area contributed by atoms with Crippen LogP contribution in [0.15, 0.2) is 51.8 Å². The van der Waals surface area contributed by atoms with E-state index in [2.05, 4.69) is 5.32 Å². The van der Waals surface area contributed by atoms with Crippen LogP contribution in [0.25, 0.3) is 11.2 Å². The second-order valence-electron chi connectivity index (χ2n) is 9.80. The number of anilines is 1. The molecule has 12 nitrogen and oxygen atoms in total. The summed E-state index contributed by atoms with van der Waals surface area (Å²) in [6, 6.07) is 8.54. The molecule has 1 aromatic carbocycles. The van der Waals surface area contributed by atoms with Crippen molar-refractivity contribution in [1.29, 1.82) is 0 Å². The summed E-state index contributed by atoms with van der Waals surface area (Å²) >= 11 is 0. The van der Waals surface area contributed by atoms with Crippen LogP contribution >= 0.6 is 12.4 Å². The number of benzene rings is 1. The van der Waals surface area contributed by atoms with Gasteiger partial charge in [-0.15, -0.1) is 12.4 Å². The van der Waals surface area contributed by atoms with Gasteiger partial charge in [-0.1, -0.05) is 30.3 Å². The van der Waals surface area contributed by atoms with Crippen molar-refractivity contribution in [2.24, 2.45) is 13.0 Å². The van der Waals surface area contributed by atoms with E-state index in [4.69, 9.17) is 9.72 Å². The van der Waals surface area contributed by atoms with Gasteiger partial charge >= 0.3 is 5.69 Å². The number of halogens is 1. The fraction of sp³-hybridized carbons (Fsp3) is 0.423. The van der Waals surface area contributed by atoms with Gasteiger partial charge in [0.25, 0.3) is 5.56 Å². The lowest BCUT2D eigenvalue weighted by Crippen LogP contribution is -2.43. The number of nitrogens with one attached hydrogen (secondary N) is 1. The molecule has 3 aromatic rings. The van der Waals surface area contributed by atoms with Crippen LogP contribution in [0.4, 0.5) is 5.95 Å². The monoisotopic (exact) mass is 555 g/mol. The van der Waals surface area contributed by atoms with Crippen molar-refractivity contribution in [3.8, 4) is 0 Å². The normalized spacial score (nSPS) is 18.5. The molecule has 0 aliphatic carbocycles. The van der Waals surface area contributed by atoms with Crippen LogP contribution in [0.1, 0.15) is 16.8 Å². The van der Waals surface area contributed by atoms with Crippen molar-refractivity contribution in [3.63, 3.8) is 0 Å². The van der Waals surface area contributed by atoms with Gasteiger partial charge in [0.15, 0.2) is 16.9 Å². The molecule has 0 saturated carbocycles. The number of carbonyl (C=O) groups excluding carboxylic acids is 2. The molecule has 0 spiro atoms. The number of carbonyl (C=O) groups is 2. The van der Waals surface area contributed by atoms with Crippen LogP contribution in [0.3, 0.4) is 0 Å². The maximum absolute atomic E-state index is 13.8. The van der Waals surface area contributed by atoms with Gasteiger partial charge in [-0.2, -0.15) is 4.98 Å². The summed E-state index contributed by atoms with van der Waals surface area (Å²) in [7, 11) is 1.53. The Kier molecular flexibility index (Phi) is 7.32. The lowest BCUT2D eigenvalue weighted by molar-refractivity contribution is -0.135. The van der Waals surface area contributed by atoms with Crippen LogP contribution in [-0.4, -0.2) is 74.7 Å². The summed E-state index contributed by atoms with van der Waals surface area (Å²) in [5, 5.41) is 3.26. The number of morpholine rings is 1. The van der Waals surface area contributed by atoms with Gasteiger partial charge in [-0.25, -0.2) is 4.79 Å². The first-order valence-electron chi connectivity index (χ1n) is 12.8. The molecular formula is C26H30ClN7O5. The number of ketones is 1. The van der Waals surface area contributed by atoms with E-state index >= 15 is 0 Å². The van der Waals surface area contributed by atoms with Crippen molar-refractivity contribution in [2.75, 3.05) is 44.3 Å². The second-order valence-corrected chi connectivity index (χ2v) is 9.80. The number of imidazole rings is 1. The lowest BCUT2D eigenvalue weighted by Gasteiger charge is -2.28. The zero-order valence-corrected chi connectivity index (χ0v) is 22.4. The molecule has 39 heavy (non-hydrogen) atoms. The van der Waals surface area contributed by atoms with Gasteiger partial charge in [0.1, 0.15) is 6.54 Å². The standard InChI is InChI=1S/C26H29N7O5.ClH/c1-29-23-22(24(36)33(26(29)37)15-20(34)17-5-3-2-4-6-17)32(16-21(35)30-9-11-38-12-10-30)25(28-23)31-8-7-18-13-27-14-19(18)31;/h2-6,14,18,27H,7-13,15-16H2,1H3;1H. The molecule has 0 radical (unpaired) electrons. The van der Waals surface area contributed by atoms with E-state index < -0.39 is 17.8 Å². The first kappa shape index (κ1) is 26.7. The molecule has 1 atom stereocenters. The van der Waals surface area contributed by atoms with E-state index in [0.29, 0.717) is 50.3 Å². The summed E-state index contributed by atoms with van der Waals surface area (Å²) < 4.78 is 9.21. The van der Waals surface area contributed by atoms with E-state index in [0.717, 1.165) is 23.2 Å². The number of aromatic nitrogens is 4. The van der Waals surface area contributed by atoms with Crippen LogP contribution in [0.5, 0.6) is 0 Å². The van der Waals surface area contributed by atoms with Crippen molar-refractivity contribution < 1.29 is 14.3 Å². The van der Waals surface area contributed by atoms with Crippen molar-refractivity contribution in [1.82, 2.24) is 28.9 Å². The van der Waals surface area contributed by atoms with Crippen LogP contribution < -0.4 is 21.5 Å². The number of hydrogen-bond donors (Lipinski definition) is 1. The first-order chi connectivity index (χ1) is 18.4. The van der Waals surface area contributed by atoms with E-state index in [-0.39, 0.29) is 41.8 Å². The minimum absolute atomic E-state index is 0. The molecule has 2 fully saturated rings. The van der Waals surface area contributed by atoms with Gasteiger partial charge in [-0.3, -0.25) is 28.1 Å². The molecule has 6 rings (SSSR count). The van der Waals surface area contributed by atoms with E-state index in [1.54, 1.807) is 39.8 Å². The third-order valence-electron chi connectivity index (χ3n) is 7.55. The Balaban J connectivity index is 0.00000308. The van der Waals surface area contributed by atoms with E-state index in [9.17, 15) is 19.2 Å². The fourth-order valence-electron chi connectivity index (χ4n) is 5.47. The van der Waals surface area contributed by atoms with Gasteiger partial charge in [0.2, 0.25) is 11.9 Å². The first-order valence-corrected chi connectivity index (χ1v) is 12.8. The lowest BCUT2D eigenvalue weighted by atomic mass is 10.1. The van der Waals surface area contributed by atoms with Gasteiger partial charge in [0, 0.05) is 56.6 Å². The largest absolute Gasteiger partial charge is 0.389 e. The summed E-state index contributed by atoms with van der Waals surface area (Å²) in [5.41, 5.74) is 0.480. The Morgan fingerprint density at radius 2 is 1.79 bits per heavy atom. The Morgan fingerprint density at radius 1 is 1.05 bits per heavy atom. The smallest absolute Gasteiger partial charge is 0.332 e. The average molecular weight is 556 g/mol. The number of fused-ring (bicyclic) bond motifs is 2. The van der Waals surface area contributed by atoms with Gasteiger partial charge in [-0.05, 0) is 6.42 Å². The van der Waals surface area contributed by atoms with Crippen molar-refractivity contribution in [2.45, 2.75) is 19.5 Å². The maximum Gasteiger partial charge on any atom is 0.332 e. The zero-order chi connectivity index (χ0) is 26.4. The highest BCUT2D eigenvalue weighted by Gasteiger charge is 2.36. The molecule has 3 aliphatic rings. The minimum Gasteiger partial charge on any atom is -0.389 e. The molecule has 5 heterocycles. The number of rotatable bonds is 6. The molecular weight excluding hydrogens is 526 g/mol. The predicted molar refractivity (Wildman–Crippen MR) is 146 cm³/mol. The number of nitrogens with zero attached hydrogens (tertiary/aromatic N) is 6. The highest BCUT2D eigenvalue weighted by Crippen LogP contribution is 2.35. The third-order valence-corrected chi connectivity index (χ3v) is 7.55. The fourth-order valence-corrected chi connectivity index (χ4v) is 5.47. The topological polar surface area (TPSA) is 124 Å². The molecule has 1 N–H and O–H groups in total. The van der Waals surface area contributed by atoms with Crippen LogP contribution in [-0.2, 0) is 29.7 Å². The molecule has 2 aromatic heterocycles. The van der Waals surface area contributed by atoms with Gasteiger partial charge < -0.3 is 19.9 Å². The summed E-state index contributed by atoms with van der Waals surface area (Å²) in [5.74, 6) is 0.244. The molecule has 1 unspecified atom stereocenters. The highest BCUT2D eigenvalue weighted by atomic mass is 35.5. The third kappa shape index (κ3) is 4.63. The Morgan fingerprint density at radius 3 is 2.54 bits per heavy atom. The molecule has 13 heteroatoms. The Bertz CT molecular complexity index is 1570. The van der Waals surface area contributed by atoms with Crippen molar-refractivity contribution >= 4 is 41.2 Å². The minimum atomic E-state index is -0.643. The number of aryl methyl sites for hydroxylation is 1. The molecule has 1 amide bonds. The van der Waals surface area contributed by atoms with Crippen LogP contribution in [0.2, 0.25) is 0 Å². The number of ether oxygens (including phenoxy) is 1. The molecule has 3 aliphatic heterocycles. The molecule has 0 bridgehead atoms. The van der Waals surface area contributed by atoms with Gasteiger partial charge in [0.05, 0.1) is 19.8 Å². The number of amides is 1.